The number of nitrogens with zero attached hydrogens (tertiary/aromatic N) is 4. The molecule has 0 fully saturated rings. The number of unbranched alkanes of at least 4 members (excludes halogenated alkanes) is 1. The first-order valence-electron chi connectivity index (χ1n) is 16.3. The molecule has 10 N–H and O–H groups in total. The van der Waals surface area contributed by atoms with Crippen molar-refractivity contribution in [3.8, 4) is 11.5 Å². The van der Waals surface area contributed by atoms with Crippen molar-refractivity contribution in [3.05, 3.63) is 76.7 Å². The lowest BCUT2D eigenvalue weighted by atomic mass is 10.0. The van der Waals surface area contributed by atoms with E-state index in [2.05, 4.69) is 20.3 Å². The highest BCUT2D eigenvalue weighted by Crippen LogP contribution is 2.16. The van der Waals surface area contributed by atoms with Gasteiger partial charge in [0.25, 0.3) is 5.91 Å². The van der Waals surface area contributed by atoms with Crippen LogP contribution in [0.25, 0.3) is 0 Å². The van der Waals surface area contributed by atoms with Crippen LogP contribution in [0.1, 0.15) is 41.0 Å². The number of hydrogen-bond donors (Lipinski definition) is 8. The van der Waals surface area contributed by atoms with Crippen molar-refractivity contribution in [2.24, 2.45) is 10.7 Å². The van der Waals surface area contributed by atoms with Gasteiger partial charge in [-0.2, -0.15) is 0 Å². The summed E-state index contributed by atoms with van der Waals surface area (Å²) in [6.45, 7) is 2.91. The minimum absolute atomic E-state index is 0.00296. The van der Waals surface area contributed by atoms with Gasteiger partial charge in [-0.25, -0.2) is 9.97 Å². The molecule has 0 aliphatic heterocycles. The number of benzene rings is 2. The molecule has 274 valence electrons. The average molecular weight is 718 g/mol. The van der Waals surface area contributed by atoms with E-state index in [4.69, 9.17) is 37.6 Å². The van der Waals surface area contributed by atoms with E-state index in [1.807, 2.05) is 59.5 Å². The maximum atomic E-state index is 12.4. The van der Waals surface area contributed by atoms with E-state index in [9.17, 15) is 25.2 Å². The maximum absolute atomic E-state index is 12.4. The summed E-state index contributed by atoms with van der Waals surface area (Å²) in [5, 5.41) is 52.2. The molecule has 0 saturated carbocycles. The summed E-state index contributed by atoms with van der Waals surface area (Å²) in [6, 6.07) is 17.1. The summed E-state index contributed by atoms with van der Waals surface area (Å²) in [4.78, 5) is 26.4. The van der Waals surface area contributed by atoms with Gasteiger partial charge in [0.2, 0.25) is 0 Å². The van der Waals surface area contributed by atoms with Crippen LogP contribution in [-0.4, -0.2) is 123 Å². The first-order chi connectivity index (χ1) is 24.0. The predicted octanol–water partition coefficient (Wildman–Crippen LogP) is 0.674. The number of hydrogen-bond acceptors (Lipinski definition) is 13. The van der Waals surface area contributed by atoms with Crippen molar-refractivity contribution >= 4 is 29.3 Å². The molecule has 3 aromatic rings. The quantitative estimate of drug-likeness (QED) is 0.0430. The molecule has 2 aromatic carbocycles. The summed E-state index contributed by atoms with van der Waals surface area (Å²) in [5.41, 5.74) is 13.0. The second-order valence-corrected chi connectivity index (χ2v) is 12.0. The number of aliphatic hydroxyl groups excluding tert-OH is 5. The van der Waals surface area contributed by atoms with Crippen LogP contribution in [0.2, 0.25) is 5.15 Å². The van der Waals surface area contributed by atoms with Crippen LogP contribution in [0, 0.1) is 6.92 Å². The van der Waals surface area contributed by atoms with Crippen LogP contribution in [0.4, 0.5) is 5.82 Å². The lowest BCUT2D eigenvalue weighted by molar-refractivity contribution is -0.119. The minimum atomic E-state index is -1.70. The van der Waals surface area contributed by atoms with Gasteiger partial charge < -0.3 is 46.5 Å². The van der Waals surface area contributed by atoms with Crippen molar-refractivity contribution in [3.63, 3.8) is 0 Å². The fourth-order valence-corrected chi connectivity index (χ4v) is 4.94. The Morgan fingerprint density at radius 2 is 1.58 bits per heavy atom. The van der Waals surface area contributed by atoms with E-state index in [0.29, 0.717) is 44.1 Å². The Morgan fingerprint density at radius 1 is 0.920 bits per heavy atom. The number of aliphatic hydroxyl groups is 5. The second-order valence-electron chi connectivity index (χ2n) is 11.6. The number of para-hydroxylation sites is 1. The summed E-state index contributed by atoms with van der Waals surface area (Å²) >= 11 is 5.94. The number of aliphatic imine (C=N–C) groups is 1. The standard InChI is InChI=1S/C34H48ClN7O8/c1-22-31(35)40-28(32(36)39-22)33(48)41-34(37)38-15-6-5-8-23-11-13-25(14-12-23)50-19-17-42(16-7-18-49-24-9-3-2-4-10-24)20-26(44)29(46)30(47)27(45)21-43/h2-4,9-14,26-27,29-30,43-47H,5-8,15-21H2,1H3,(H2,36,39)(H3,37,38,41,48)/t26-,27+,29+,30+/m0/s1. The Hall–Kier alpha value is -4.09. The number of carbonyl (C=O) groups is 1. The van der Waals surface area contributed by atoms with Gasteiger partial charge in [-0.05, 0) is 62.4 Å². The largest absolute Gasteiger partial charge is 0.494 e. The van der Waals surface area contributed by atoms with Crippen LogP contribution < -0.4 is 26.3 Å². The van der Waals surface area contributed by atoms with Gasteiger partial charge in [0.05, 0.1) is 25.0 Å². The van der Waals surface area contributed by atoms with Crippen LogP contribution in [-0.2, 0) is 6.42 Å². The molecule has 0 bridgehead atoms. The predicted molar refractivity (Wildman–Crippen MR) is 189 cm³/mol. The third-order valence-corrected chi connectivity index (χ3v) is 8.01. The molecule has 0 aliphatic carbocycles. The lowest BCUT2D eigenvalue weighted by Gasteiger charge is -2.30. The van der Waals surface area contributed by atoms with Gasteiger partial charge in [0.15, 0.2) is 22.6 Å². The number of halogens is 1. The molecule has 0 radical (unpaired) electrons. The van der Waals surface area contributed by atoms with Gasteiger partial charge in [-0.1, -0.05) is 41.9 Å². The highest BCUT2D eigenvalue weighted by Gasteiger charge is 2.31. The summed E-state index contributed by atoms with van der Waals surface area (Å²) in [7, 11) is 0. The third kappa shape index (κ3) is 13.7. The number of anilines is 1. The molecule has 1 heterocycles. The topological polar surface area (TPSA) is 242 Å². The van der Waals surface area contributed by atoms with E-state index < -0.39 is 36.9 Å². The fraction of sp³-hybridized carbons (Fsp3) is 0.471. The second kappa shape index (κ2) is 21.2. The van der Waals surface area contributed by atoms with Crippen LogP contribution in [0.5, 0.6) is 11.5 Å². The van der Waals surface area contributed by atoms with Crippen molar-refractivity contribution in [2.75, 3.05) is 51.7 Å². The maximum Gasteiger partial charge on any atom is 0.280 e. The number of aryl methyl sites for hydroxylation is 2. The monoisotopic (exact) mass is 717 g/mol. The van der Waals surface area contributed by atoms with Gasteiger partial charge in [0, 0.05) is 26.2 Å². The summed E-state index contributed by atoms with van der Waals surface area (Å²) in [6.07, 6.45) is -3.33. The van der Waals surface area contributed by atoms with Gasteiger partial charge in [0.1, 0.15) is 36.4 Å². The fourth-order valence-electron chi connectivity index (χ4n) is 4.81. The van der Waals surface area contributed by atoms with E-state index in [0.717, 1.165) is 30.6 Å². The molecule has 0 spiro atoms. The molecular weight excluding hydrogens is 670 g/mol. The number of amides is 1. The van der Waals surface area contributed by atoms with Crippen LogP contribution >= 0.6 is 11.6 Å². The number of nitrogen functional groups attached to an aromatic ring is 1. The third-order valence-electron chi connectivity index (χ3n) is 7.65. The molecule has 0 unspecified atom stereocenters. The SMILES string of the molecule is Cc1nc(N)c(C(=O)NC(N)=NCCCCc2ccc(OCCN(CCCOc3ccccc3)C[C@H](O)[C@@H](O)[C@H](O)[C@H](O)CO)cc2)nc1Cl. The van der Waals surface area contributed by atoms with E-state index >= 15 is 0 Å². The highest BCUT2D eigenvalue weighted by atomic mass is 35.5. The minimum Gasteiger partial charge on any atom is -0.494 e. The molecule has 0 saturated heterocycles. The number of nitrogens with two attached hydrogens (primary N) is 2. The van der Waals surface area contributed by atoms with Crippen molar-refractivity contribution in [1.82, 2.24) is 20.2 Å². The van der Waals surface area contributed by atoms with Crippen LogP contribution in [0.3, 0.4) is 0 Å². The molecule has 50 heavy (non-hydrogen) atoms. The molecule has 4 atom stereocenters. The summed E-state index contributed by atoms with van der Waals surface area (Å²) in [5.74, 6) is 0.650. The first-order valence-corrected chi connectivity index (χ1v) is 16.7. The van der Waals surface area contributed by atoms with Crippen molar-refractivity contribution in [2.45, 2.75) is 57.0 Å². The number of ether oxygens (including phenoxy) is 2. The molecular formula is C34H48ClN7O8. The molecule has 1 amide bonds. The number of guanidine groups is 1. The number of carbonyl (C=O) groups excluding carboxylic acids is 1. The first kappa shape index (κ1) is 40.3. The highest BCUT2D eigenvalue weighted by molar-refractivity contribution is 6.30. The van der Waals surface area contributed by atoms with Gasteiger partial charge >= 0.3 is 0 Å². The molecule has 3 rings (SSSR count). The Kier molecular flexibility index (Phi) is 17.1. The number of rotatable bonds is 21. The smallest absolute Gasteiger partial charge is 0.280 e. The Morgan fingerprint density at radius 3 is 2.28 bits per heavy atom. The van der Waals surface area contributed by atoms with Gasteiger partial charge in [-0.15, -0.1) is 0 Å². The zero-order valence-corrected chi connectivity index (χ0v) is 28.8. The number of nitrogens with one attached hydrogen (secondary N) is 1. The number of aromatic nitrogens is 2. The van der Waals surface area contributed by atoms with E-state index in [-0.39, 0.29) is 35.8 Å². The van der Waals surface area contributed by atoms with E-state index in [1.165, 1.54) is 0 Å². The summed E-state index contributed by atoms with van der Waals surface area (Å²) < 4.78 is 11.7. The lowest BCUT2D eigenvalue weighted by Crippen LogP contribution is -2.50. The zero-order chi connectivity index (χ0) is 36.5. The van der Waals surface area contributed by atoms with Crippen molar-refractivity contribution in [1.29, 1.82) is 0 Å². The molecule has 16 heteroatoms. The zero-order valence-electron chi connectivity index (χ0n) is 28.1. The molecule has 1 aromatic heterocycles. The normalized spacial score (nSPS) is 14.2. The Balaban J connectivity index is 1.41. The van der Waals surface area contributed by atoms with Gasteiger partial charge in [-0.3, -0.25) is 20.0 Å². The molecule has 15 nitrogen and oxygen atoms in total. The Labute approximate surface area is 296 Å². The average Bonchev–Trinajstić information content (AvgIpc) is 3.11. The van der Waals surface area contributed by atoms with Crippen molar-refractivity contribution < 1.29 is 39.8 Å². The Bertz CT molecular complexity index is 1490. The van der Waals surface area contributed by atoms with Crippen LogP contribution in [0.15, 0.2) is 59.6 Å². The molecule has 0 aliphatic rings. The van der Waals surface area contributed by atoms with E-state index in [1.54, 1.807) is 6.92 Å².